The van der Waals surface area contributed by atoms with E-state index in [9.17, 15) is 14.4 Å². The van der Waals surface area contributed by atoms with Gasteiger partial charge in [-0.25, -0.2) is 9.59 Å². The van der Waals surface area contributed by atoms with Crippen LogP contribution in [-0.4, -0.2) is 55.4 Å². The highest BCUT2D eigenvalue weighted by molar-refractivity contribution is 5.88. The molecule has 8 heteroatoms. The number of carbonyl (C=O) groups excluding carboxylic acids is 2. The van der Waals surface area contributed by atoms with Crippen LogP contribution in [0, 0.1) is 0 Å². The molecular weight excluding hydrogens is 254 g/mol. The summed E-state index contributed by atoms with van der Waals surface area (Å²) in [6.45, 7) is 3.94. The van der Waals surface area contributed by atoms with E-state index in [0.717, 1.165) is 0 Å². The van der Waals surface area contributed by atoms with Gasteiger partial charge in [-0.3, -0.25) is 4.79 Å². The Bertz CT molecular complexity index is 321. The molecule has 8 nitrogen and oxygen atoms in total. The SMILES string of the molecule is CCNC(=O)C(C)NC(=O)NC(CCOC)C(=O)O. The van der Waals surface area contributed by atoms with Crippen molar-refractivity contribution in [3.05, 3.63) is 0 Å². The van der Waals surface area contributed by atoms with Gasteiger partial charge in [0.25, 0.3) is 0 Å². The lowest BCUT2D eigenvalue weighted by atomic mass is 10.2. The molecule has 0 bridgehead atoms. The molecule has 0 spiro atoms. The van der Waals surface area contributed by atoms with Gasteiger partial charge in [-0.05, 0) is 13.8 Å². The van der Waals surface area contributed by atoms with Crippen LogP contribution in [0.5, 0.6) is 0 Å². The van der Waals surface area contributed by atoms with E-state index in [0.29, 0.717) is 6.54 Å². The van der Waals surface area contributed by atoms with Crippen molar-refractivity contribution in [1.82, 2.24) is 16.0 Å². The second kappa shape index (κ2) is 9.15. The molecule has 0 aliphatic rings. The van der Waals surface area contributed by atoms with E-state index in [1.54, 1.807) is 6.92 Å². The summed E-state index contributed by atoms with van der Waals surface area (Å²) in [5.74, 6) is -1.49. The molecule has 0 radical (unpaired) electrons. The number of carboxylic acids is 1. The Kier molecular flexibility index (Phi) is 8.27. The molecule has 0 saturated heterocycles. The molecule has 0 aliphatic heterocycles. The van der Waals surface area contributed by atoms with Gasteiger partial charge in [0.1, 0.15) is 12.1 Å². The molecule has 0 saturated carbocycles. The van der Waals surface area contributed by atoms with Gasteiger partial charge in [0.2, 0.25) is 5.91 Å². The summed E-state index contributed by atoms with van der Waals surface area (Å²) in [6, 6.07) is -2.50. The average Bonchev–Trinajstić information content (AvgIpc) is 2.34. The Balaban J connectivity index is 4.25. The first-order chi connectivity index (χ1) is 8.92. The number of urea groups is 1. The van der Waals surface area contributed by atoms with Crippen LogP contribution in [0.1, 0.15) is 20.3 Å². The van der Waals surface area contributed by atoms with Crippen molar-refractivity contribution in [2.24, 2.45) is 0 Å². The van der Waals surface area contributed by atoms with E-state index in [2.05, 4.69) is 16.0 Å². The fraction of sp³-hybridized carbons (Fsp3) is 0.727. The molecular formula is C11H21N3O5. The van der Waals surface area contributed by atoms with Gasteiger partial charge in [-0.1, -0.05) is 0 Å². The van der Waals surface area contributed by atoms with Crippen LogP contribution in [0.15, 0.2) is 0 Å². The highest BCUT2D eigenvalue weighted by Gasteiger charge is 2.21. The van der Waals surface area contributed by atoms with Crippen molar-refractivity contribution in [3.8, 4) is 0 Å². The molecule has 0 heterocycles. The normalized spacial score (nSPS) is 13.2. The van der Waals surface area contributed by atoms with Gasteiger partial charge >= 0.3 is 12.0 Å². The van der Waals surface area contributed by atoms with E-state index in [4.69, 9.17) is 9.84 Å². The van der Waals surface area contributed by atoms with Gasteiger partial charge in [0.15, 0.2) is 0 Å². The molecule has 0 aliphatic carbocycles. The minimum atomic E-state index is -1.15. The number of likely N-dealkylation sites (N-methyl/N-ethyl adjacent to an activating group) is 1. The third-order valence-electron chi connectivity index (χ3n) is 2.31. The van der Waals surface area contributed by atoms with Gasteiger partial charge in [-0.15, -0.1) is 0 Å². The topological polar surface area (TPSA) is 117 Å². The summed E-state index contributed by atoms with van der Waals surface area (Å²) >= 11 is 0. The van der Waals surface area contributed by atoms with E-state index in [1.165, 1.54) is 14.0 Å². The number of carboxylic acid groups (broad SMARTS) is 1. The number of aliphatic carboxylic acids is 1. The summed E-state index contributed by atoms with van der Waals surface area (Å²) in [5, 5.41) is 16.1. The smallest absolute Gasteiger partial charge is 0.326 e. The molecule has 110 valence electrons. The molecule has 0 aromatic carbocycles. The zero-order chi connectivity index (χ0) is 14.8. The second-order valence-corrected chi connectivity index (χ2v) is 3.91. The standard InChI is InChI=1S/C11H21N3O5/c1-4-12-9(15)7(2)13-11(18)14-8(10(16)17)5-6-19-3/h7-8H,4-6H2,1-3H3,(H,12,15)(H,16,17)(H2,13,14,18). The van der Waals surface area contributed by atoms with Crippen molar-refractivity contribution in [1.29, 1.82) is 0 Å². The molecule has 3 amide bonds. The van der Waals surface area contributed by atoms with E-state index < -0.39 is 24.1 Å². The Morgan fingerprint density at radius 3 is 2.37 bits per heavy atom. The monoisotopic (exact) mass is 275 g/mol. The lowest BCUT2D eigenvalue weighted by Gasteiger charge is -2.17. The zero-order valence-corrected chi connectivity index (χ0v) is 11.4. The lowest BCUT2D eigenvalue weighted by Crippen LogP contribution is -2.52. The first kappa shape index (κ1) is 17.2. The molecule has 19 heavy (non-hydrogen) atoms. The minimum absolute atomic E-state index is 0.148. The third kappa shape index (κ3) is 7.24. The number of rotatable bonds is 8. The van der Waals surface area contributed by atoms with E-state index in [1.807, 2.05) is 0 Å². The van der Waals surface area contributed by atoms with Crippen LogP contribution in [0.4, 0.5) is 4.79 Å². The fourth-order valence-corrected chi connectivity index (χ4v) is 1.28. The maximum atomic E-state index is 11.5. The summed E-state index contributed by atoms with van der Waals surface area (Å²) < 4.78 is 4.76. The molecule has 2 unspecified atom stereocenters. The number of methoxy groups -OCH3 is 1. The summed E-state index contributed by atoms with van der Waals surface area (Å²) in [4.78, 5) is 33.8. The Morgan fingerprint density at radius 1 is 1.26 bits per heavy atom. The van der Waals surface area contributed by atoms with Gasteiger partial charge in [-0.2, -0.15) is 0 Å². The summed E-state index contributed by atoms with van der Waals surface area (Å²) in [5.41, 5.74) is 0. The lowest BCUT2D eigenvalue weighted by molar-refractivity contribution is -0.139. The average molecular weight is 275 g/mol. The summed E-state index contributed by atoms with van der Waals surface area (Å²) in [6.07, 6.45) is 0.148. The number of nitrogens with one attached hydrogen (secondary N) is 3. The maximum absolute atomic E-state index is 11.5. The highest BCUT2D eigenvalue weighted by atomic mass is 16.5. The minimum Gasteiger partial charge on any atom is -0.480 e. The van der Waals surface area contributed by atoms with Crippen molar-refractivity contribution >= 4 is 17.9 Å². The van der Waals surface area contributed by atoms with Gasteiger partial charge in [0, 0.05) is 26.7 Å². The van der Waals surface area contributed by atoms with E-state index in [-0.39, 0.29) is 18.9 Å². The van der Waals surface area contributed by atoms with Crippen LogP contribution in [-0.2, 0) is 14.3 Å². The number of ether oxygens (including phenoxy) is 1. The van der Waals surface area contributed by atoms with Crippen LogP contribution in [0.2, 0.25) is 0 Å². The number of carbonyl (C=O) groups is 3. The fourth-order valence-electron chi connectivity index (χ4n) is 1.28. The molecule has 0 aromatic rings. The van der Waals surface area contributed by atoms with Crippen molar-refractivity contribution in [2.75, 3.05) is 20.3 Å². The number of amides is 3. The van der Waals surface area contributed by atoms with Crippen LogP contribution in [0.25, 0.3) is 0 Å². The van der Waals surface area contributed by atoms with Crippen LogP contribution >= 0.6 is 0 Å². The number of hydrogen-bond acceptors (Lipinski definition) is 4. The van der Waals surface area contributed by atoms with Crippen LogP contribution in [0.3, 0.4) is 0 Å². The molecule has 4 N–H and O–H groups in total. The Hall–Kier alpha value is -1.83. The maximum Gasteiger partial charge on any atom is 0.326 e. The van der Waals surface area contributed by atoms with Crippen LogP contribution < -0.4 is 16.0 Å². The van der Waals surface area contributed by atoms with Gasteiger partial charge < -0.3 is 25.8 Å². The molecule has 2 atom stereocenters. The second-order valence-electron chi connectivity index (χ2n) is 3.91. The van der Waals surface area contributed by atoms with Crippen molar-refractivity contribution < 1.29 is 24.2 Å². The van der Waals surface area contributed by atoms with E-state index >= 15 is 0 Å². The Morgan fingerprint density at radius 2 is 1.89 bits per heavy atom. The third-order valence-corrected chi connectivity index (χ3v) is 2.31. The largest absolute Gasteiger partial charge is 0.480 e. The number of hydrogen-bond donors (Lipinski definition) is 4. The molecule has 0 fully saturated rings. The highest BCUT2D eigenvalue weighted by Crippen LogP contribution is 1.93. The van der Waals surface area contributed by atoms with Gasteiger partial charge in [0.05, 0.1) is 0 Å². The first-order valence-electron chi connectivity index (χ1n) is 5.98. The molecule has 0 aromatic heterocycles. The predicted octanol–water partition coefficient (Wildman–Crippen LogP) is -0.700. The quantitative estimate of drug-likeness (QED) is 0.467. The van der Waals surface area contributed by atoms with Crippen molar-refractivity contribution in [2.45, 2.75) is 32.4 Å². The first-order valence-corrected chi connectivity index (χ1v) is 5.98. The zero-order valence-electron chi connectivity index (χ0n) is 11.4. The Labute approximate surface area is 111 Å². The molecule has 0 rings (SSSR count). The summed E-state index contributed by atoms with van der Waals surface area (Å²) in [7, 11) is 1.44. The van der Waals surface area contributed by atoms with Crippen molar-refractivity contribution in [3.63, 3.8) is 0 Å². The predicted molar refractivity (Wildman–Crippen MR) is 67.7 cm³/mol.